The fourth-order valence-electron chi connectivity index (χ4n) is 4.73. The number of amides is 1. The molecule has 2 fully saturated rings. The summed E-state index contributed by atoms with van der Waals surface area (Å²) in [7, 11) is 0. The molecule has 0 spiro atoms. The van der Waals surface area contributed by atoms with Crippen LogP contribution in [0.3, 0.4) is 0 Å². The SMILES string of the molecule is Cc1ccc([C@H](C(=O)NC2CCCCC2)N2C[C@H](C)C[C@H](C)C2)cc1. The molecule has 3 heteroatoms. The first kappa shape index (κ1) is 18.4. The molecule has 1 saturated carbocycles. The zero-order chi connectivity index (χ0) is 17.8. The number of nitrogens with zero attached hydrogens (tertiary/aromatic N) is 1. The van der Waals surface area contributed by atoms with E-state index in [9.17, 15) is 4.79 Å². The molecule has 1 aromatic carbocycles. The molecular weight excluding hydrogens is 308 g/mol. The van der Waals surface area contributed by atoms with Crippen LogP contribution in [0.2, 0.25) is 0 Å². The van der Waals surface area contributed by atoms with Gasteiger partial charge < -0.3 is 5.32 Å². The third-order valence-electron chi connectivity index (χ3n) is 5.86. The first-order valence-corrected chi connectivity index (χ1v) is 10.1. The van der Waals surface area contributed by atoms with Crippen LogP contribution in [-0.2, 0) is 4.79 Å². The lowest BCUT2D eigenvalue weighted by molar-refractivity contribution is -0.128. The van der Waals surface area contributed by atoms with Crippen LogP contribution in [0.1, 0.15) is 69.5 Å². The standard InChI is InChI=1S/C22H34N2O/c1-16-9-11-19(12-10-16)21(24-14-17(2)13-18(3)15-24)22(25)23-20-7-5-4-6-8-20/h9-12,17-18,20-21H,4-8,13-15H2,1-3H3,(H,23,25)/t17-,18+,21-/m1/s1. The fraction of sp³-hybridized carbons (Fsp3) is 0.682. The summed E-state index contributed by atoms with van der Waals surface area (Å²) in [6, 6.07) is 8.77. The summed E-state index contributed by atoms with van der Waals surface area (Å²) in [5.41, 5.74) is 2.38. The van der Waals surface area contributed by atoms with Crippen molar-refractivity contribution >= 4 is 5.91 Å². The molecule has 1 heterocycles. The van der Waals surface area contributed by atoms with Crippen molar-refractivity contribution in [3.63, 3.8) is 0 Å². The second kappa shape index (κ2) is 8.35. The smallest absolute Gasteiger partial charge is 0.242 e. The predicted octanol–water partition coefficient (Wildman–Crippen LogP) is 4.46. The van der Waals surface area contributed by atoms with E-state index < -0.39 is 0 Å². The Kier molecular flexibility index (Phi) is 6.16. The van der Waals surface area contributed by atoms with E-state index in [1.165, 1.54) is 31.2 Å². The van der Waals surface area contributed by atoms with Crippen LogP contribution in [0.15, 0.2) is 24.3 Å². The Bertz CT molecular complexity index is 552. The largest absolute Gasteiger partial charge is 0.352 e. The molecule has 0 unspecified atom stereocenters. The van der Waals surface area contributed by atoms with E-state index in [4.69, 9.17) is 0 Å². The maximum absolute atomic E-state index is 13.3. The third-order valence-corrected chi connectivity index (χ3v) is 5.86. The molecule has 3 rings (SSSR count). The molecule has 1 N–H and O–H groups in total. The predicted molar refractivity (Wildman–Crippen MR) is 103 cm³/mol. The van der Waals surface area contributed by atoms with Gasteiger partial charge in [0.1, 0.15) is 6.04 Å². The minimum absolute atomic E-state index is 0.146. The monoisotopic (exact) mass is 342 g/mol. The molecule has 1 aliphatic heterocycles. The van der Waals surface area contributed by atoms with Crippen molar-refractivity contribution < 1.29 is 4.79 Å². The number of hydrogen-bond donors (Lipinski definition) is 1. The Labute approximate surface area is 153 Å². The maximum Gasteiger partial charge on any atom is 0.242 e. The highest BCUT2D eigenvalue weighted by molar-refractivity contribution is 5.83. The minimum atomic E-state index is -0.146. The highest BCUT2D eigenvalue weighted by Gasteiger charge is 2.33. The van der Waals surface area contributed by atoms with Crippen LogP contribution >= 0.6 is 0 Å². The molecule has 1 aliphatic carbocycles. The molecule has 138 valence electrons. The van der Waals surface area contributed by atoms with Crippen molar-refractivity contribution in [3.05, 3.63) is 35.4 Å². The average molecular weight is 343 g/mol. The van der Waals surface area contributed by atoms with Gasteiger partial charge in [-0.1, -0.05) is 62.9 Å². The van der Waals surface area contributed by atoms with Crippen molar-refractivity contribution in [2.24, 2.45) is 11.8 Å². The molecule has 2 aliphatic rings. The van der Waals surface area contributed by atoms with Crippen LogP contribution in [0.4, 0.5) is 0 Å². The van der Waals surface area contributed by atoms with Crippen molar-refractivity contribution in [3.8, 4) is 0 Å². The Morgan fingerprint density at radius 1 is 1.04 bits per heavy atom. The Hall–Kier alpha value is -1.35. The van der Waals surface area contributed by atoms with Gasteiger partial charge in [0.15, 0.2) is 0 Å². The number of likely N-dealkylation sites (tertiary alicyclic amines) is 1. The molecule has 3 atom stereocenters. The first-order chi connectivity index (χ1) is 12.0. The topological polar surface area (TPSA) is 32.3 Å². The van der Waals surface area contributed by atoms with Gasteiger partial charge in [0, 0.05) is 19.1 Å². The lowest BCUT2D eigenvalue weighted by Gasteiger charge is -2.40. The van der Waals surface area contributed by atoms with E-state index in [0.29, 0.717) is 17.9 Å². The number of aryl methyl sites for hydroxylation is 1. The molecule has 1 saturated heterocycles. The minimum Gasteiger partial charge on any atom is -0.352 e. The van der Waals surface area contributed by atoms with E-state index in [0.717, 1.165) is 31.5 Å². The van der Waals surface area contributed by atoms with Crippen LogP contribution in [0.25, 0.3) is 0 Å². The van der Waals surface area contributed by atoms with Crippen LogP contribution < -0.4 is 5.32 Å². The summed E-state index contributed by atoms with van der Waals surface area (Å²) < 4.78 is 0. The second-order valence-electron chi connectivity index (χ2n) is 8.56. The second-order valence-corrected chi connectivity index (χ2v) is 8.56. The third kappa shape index (κ3) is 4.84. The summed E-state index contributed by atoms with van der Waals surface area (Å²) in [6.07, 6.45) is 7.35. The average Bonchev–Trinajstić information content (AvgIpc) is 2.57. The number of rotatable bonds is 4. The molecule has 1 amide bonds. The summed E-state index contributed by atoms with van der Waals surface area (Å²) in [5, 5.41) is 3.38. The summed E-state index contributed by atoms with van der Waals surface area (Å²) >= 11 is 0. The van der Waals surface area contributed by atoms with Crippen molar-refractivity contribution in [2.75, 3.05) is 13.1 Å². The number of carbonyl (C=O) groups excluding carboxylic acids is 1. The fourth-order valence-corrected chi connectivity index (χ4v) is 4.73. The van der Waals surface area contributed by atoms with E-state index >= 15 is 0 Å². The van der Waals surface area contributed by atoms with Crippen molar-refractivity contribution in [1.82, 2.24) is 10.2 Å². The number of piperidine rings is 1. The van der Waals surface area contributed by atoms with Gasteiger partial charge in [-0.3, -0.25) is 9.69 Å². The van der Waals surface area contributed by atoms with Gasteiger partial charge in [0.05, 0.1) is 0 Å². The lowest BCUT2D eigenvalue weighted by atomic mass is 9.89. The van der Waals surface area contributed by atoms with Crippen LogP contribution in [0.5, 0.6) is 0 Å². The normalized spacial score (nSPS) is 27.0. The maximum atomic E-state index is 13.3. The first-order valence-electron chi connectivity index (χ1n) is 10.1. The Morgan fingerprint density at radius 3 is 2.24 bits per heavy atom. The van der Waals surface area contributed by atoms with E-state index in [1.54, 1.807) is 0 Å². The van der Waals surface area contributed by atoms with E-state index in [-0.39, 0.29) is 11.9 Å². The summed E-state index contributed by atoms with van der Waals surface area (Å²) in [6.45, 7) is 8.76. The highest BCUT2D eigenvalue weighted by atomic mass is 16.2. The molecule has 3 nitrogen and oxygen atoms in total. The molecule has 0 bridgehead atoms. The van der Waals surface area contributed by atoms with Crippen LogP contribution in [0, 0.1) is 18.8 Å². The van der Waals surface area contributed by atoms with Crippen molar-refractivity contribution in [2.45, 2.75) is 71.4 Å². The summed E-state index contributed by atoms with van der Waals surface area (Å²) in [4.78, 5) is 15.7. The number of benzene rings is 1. The zero-order valence-corrected chi connectivity index (χ0v) is 16.1. The highest BCUT2D eigenvalue weighted by Crippen LogP contribution is 2.30. The van der Waals surface area contributed by atoms with Gasteiger partial charge in [-0.2, -0.15) is 0 Å². The Balaban J connectivity index is 1.80. The van der Waals surface area contributed by atoms with Gasteiger partial charge in [-0.25, -0.2) is 0 Å². The van der Waals surface area contributed by atoms with Crippen molar-refractivity contribution in [1.29, 1.82) is 0 Å². The molecular formula is C22H34N2O. The molecule has 0 radical (unpaired) electrons. The zero-order valence-electron chi connectivity index (χ0n) is 16.1. The van der Waals surface area contributed by atoms with Gasteiger partial charge >= 0.3 is 0 Å². The lowest BCUT2D eigenvalue weighted by Crippen LogP contribution is -2.49. The van der Waals surface area contributed by atoms with Gasteiger partial charge in [-0.15, -0.1) is 0 Å². The molecule has 1 aromatic rings. The molecule has 0 aromatic heterocycles. The van der Waals surface area contributed by atoms with Crippen LogP contribution in [-0.4, -0.2) is 29.9 Å². The van der Waals surface area contributed by atoms with Gasteiger partial charge in [0.2, 0.25) is 5.91 Å². The number of carbonyl (C=O) groups is 1. The van der Waals surface area contributed by atoms with Gasteiger partial charge in [0.25, 0.3) is 0 Å². The quantitative estimate of drug-likeness (QED) is 0.876. The van der Waals surface area contributed by atoms with E-state index in [2.05, 4.69) is 55.3 Å². The Morgan fingerprint density at radius 2 is 1.64 bits per heavy atom. The summed E-state index contributed by atoms with van der Waals surface area (Å²) in [5.74, 6) is 1.51. The number of hydrogen-bond acceptors (Lipinski definition) is 2. The number of nitrogens with one attached hydrogen (secondary N) is 1. The molecule has 25 heavy (non-hydrogen) atoms. The van der Waals surface area contributed by atoms with E-state index in [1.807, 2.05) is 0 Å². The van der Waals surface area contributed by atoms with Gasteiger partial charge in [-0.05, 0) is 43.6 Å².